The lowest BCUT2D eigenvalue weighted by molar-refractivity contribution is -0.277. The first-order valence-corrected chi connectivity index (χ1v) is 4.95. The van der Waals surface area contributed by atoms with Gasteiger partial charge in [-0.3, -0.25) is 0 Å². The summed E-state index contributed by atoms with van der Waals surface area (Å²) in [6, 6.07) is 4.98. The van der Waals surface area contributed by atoms with Crippen LogP contribution in [0.3, 0.4) is 0 Å². The molecule has 0 radical (unpaired) electrons. The van der Waals surface area contributed by atoms with E-state index in [9.17, 15) is 31.5 Å². The Kier molecular flexibility index (Phi) is 4.31. The van der Waals surface area contributed by atoms with E-state index in [1.165, 1.54) is 18.2 Å². The van der Waals surface area contributed by atoms with Crippen molar-refractivity contribution in [2.75, 3.05) is 7.11 Å². The number of ether oxygens (including phenoxy) is 2. The maximum Gasteiger partial charge on any atom is 0.465 e. The maximum atomic E-state index is 12.6. The fraction of sp³-hybridized carbons (Fsp3) is 0.273. The molecular formula is C11H7F5O4. The van der Waals surface area contributed by atoms with Crippen LogP contribution in [-0.2, 0) is 9.53 Å². The van der Waals surface area contributed by atoms with E-state index in [0.717, 1.165) is 13.2 Å². The molecule has 1 aromatic carbocycles. The predicted molar refractivity (Wildman–Crippen MR) is 54.4 cm³/mol. The second kappa shape index (κ2) is 5.43. The fourth-order valence-electron chi connectivity index (χ4n) is 1.13. The van der Waals surface area contributed by atoms with Crippen LogP contribution in [0.5, 0.6) is 5.75 Å². The number of hydrogen-bond donors (Lipinski definition) is 0. The number of benzene rings is 1. The van der Waals surface area contributed by atoms with Gasteiger partial charge >= 0.3 is 24.0 Å². The molecule has 0 heterocycles. The fourth-order valence-corrected chi connectivity index (χ4v) is 1.13. The summed E-state index contributed by atoms with van der Waals surface area (Å²) in [5, 5.41) is 0. The predicted octanol–water partition coefficient (Wildman–Crippen LogP) is 2.58. The van der Waals surface area contributed by atoms with Crippen LogP contribution in [0.15, 0.2) is 24.3 Å². The molecule has 0 aliphatic rings. The molecule has 0 bridgehead atoms. The molecule has 0 saturated carbocycles. The van der Waals surface area contributed by atoms with Crippen LogP contribution in [-0.4, -0.2) is 31.1 Å². The van der Waals surface area contributed by atoms with Crippen LogP contribution >= 0.6 is 0 Å². The largest absolute Gasteiger partial charge is 0.496 e. The first-order valence-electron chi connectivity index (χ1n) is 4.95. The summed E-state index contributed by atoms with van der Waals surface area (Å²) in [6.07, 6.45) is -6.15. The average Bonchev–Trinajstić information content (AvgIpc) is 2.37. The summed E-state index contributed by atoms with van der Waals surface area (Å²) >= 11 is 0. The Morgan fingerprint density at radius 1 is 1.05 bits per heavy atom. The molecule has 1 aromatic rings. The monoisotopic (exact) mass is 298 g/mol. The third-order valence-electron chi connectivity index (χ3n) is 2.12. The number of rotatable bonds is 3. The van der Waals surface area contributed by atoms with E-state index < -0.39 is 29.6 Å². The van der Waals surface area contributed by atoms with Crippen molar-refractivity contribution in [2.45, 2.75) is 12.1 Å². The Bertz CT molecular complexity index is 524. The summed E-state index contributed by atoms with van der Waals surface area (Å²) in [5.74, 6) is -10.6. The number of hydrogen-bond acceptors (Lipinski definition) is 4. The van der Waals surface area contributed by atoms with Crippen LogP contribution in [0.1, 0.15) is 10.4 Å². The summed E-state index contributed by atoms with van der Waals surface area (Å²) in [6.45, 7) is 0. The Balaban J connectivity index is 2.94. The van der Waals surface area contributed by atoms with Crippen LogP contribution in [0, 0.1) is 0 Å². The Morgan fingerprint density at radius 2 is 1.60 bits per heavy atom. The Labute approximate surface area is 109 Å². The van der Waals surface area contributed by atoms with E-state index >= 15 is 0 Å². The van der Waals surface area contributed by atoms with Crippen molar-refractivity contribution < 1.29 is 41.0 Å². The Morgan fingerprint density at radius 3 is 2.10 bits per heavy atom. The molecule has 4 nitrogen and oxygen atoms in total. The highest BCUT2D eigenvalue weighted by Crippen LogP contribution is 2.36. The number of halogens is 5. The second-order valence-corrected chi connectivity index (χ2v) is 3.45. The molecule has 110 valence electrons. The highest BCUT2D eigenvalue weighted by atomic mass is 19.4. The van der Waals surface area contributed by atoms with Crippen molar-refractivity contribution in [3.8, 4) is 5.75 Å². The van der Waals surface area contributed by atoms with Gasteiger partial charge in [0.25, 0.3) is 0 Å². The number of carbonyl (C=O) groups is 2. The van der Waals surface area contributed by atoms with Gasteiger partial charge in [-0.1, -0.05) is 12.1 Å². The summed E-state index contributed by atoms with van der Waals surface area (Å²) in [5.41, 5.74) is -0.457. The number of methoxy groups -OCH3 is 1. The first kappa shape index (κ1) is 15.9. The molecule has 0 aromatic heterocycles. The van der Waals surface area contributed by atoms with Gasteiger partial charge in [-0.2, -0.15) is 22.0 Å². The second-order valence-electron chi connectivity index (χ2n) is 3.45. The number of esters is 2. The van der Waals surface area contributed by atoms with Gasteiger partial charge < -0.3 is 9.47 Å². The van der Waals surface area contributed by atoms with Gasteiger partial charge in [-0.05, 0) is 12.1 Å². The Hall–Kier alpha value is -2.19. The molecule has 1 rings (SSSR count). The number of alkyl halides is 5. The zero-order valence-corrected chi connectivity index (χ0v) is 9.83. The maximum absolute atomic E-state index is 12.6. The van der Waals surface area contributed by atoms with Crippen LogP contribution in [0.2, 0.25) is 0 Å². The van der Waals surface area contributed by atoms with Gasteiger partial charge in [0.2, 0.25) is 0 Å². The van der Waals surface area contributed by atoms with Gasteiger partial charge in [0.05, 0.1) is 7.11 Å². The SMILES string of the molecule is COc1ccccc1C(=O)OC(=O)C(F)(F)C(F)(F)F. The minimum Gasteiger partial charge on any atom is -0.496 e. The summed E-state index contributed by atoms with van der Waals surface area (Å²) in [4.78, 5) is 22.1. The normalized spacial score (nSPS) is 11.9. The highest BCUT2D eigenvalue weighted by Gasteiger charge is 2.65. The quantitative estimate of drug-likeness (QED) is 0.489. The van der Waals surface area contributed by atoms with Crippen molar-refractivity contribution in [3.05, 3.63) is 29.8 Å². The van der Waals surface area contributed by atoms with E-state index in [4.69, 9.17) is 0 Å². The molecule has 0 unspecified atom stereocenters. The first-order chi connectivity index (χ1) is 9.11. The van der Waals surface area contributed by atoms with Gasteiger partial charge in [-0.25, -0.2) is 9.59 Å². The number of carbonyl (C=O) groups excluding carboxylic acids is 2. The van der Waals surface area contributed by atoms with E-state index in [1.807, 2.05) is 0 Å². The third-order valence-corrected chi connectivity index (χ3v) is 2.12. The molecular weight excluding hydrogens is 291 g/mol. The lowest BCUT2D eigenvalue weighted by atomic mass is 10.2. The number of para-hydroxylation sites is 1. The van der Waals surface area contributed by atoms with E-state index in [1.54, 1.807) is 0 Å². The van der Waals surface area contributed by atoms with Crippen molar-refractivity contribution >= 4 is 11.9 Å². The summed E-state index contributed by atoms with van der Waals surface area (Å²) < 4.78 is 69.1. The van der Waals surface area contributed by atoms with Crippen LogP contribution in [0.4, 0.5) is 22.0 Å². The van der Waals surface area contributed by atoms with Gasteiger partial charge in [-0.15, -0.1) is 0 Å². The minimum absolute atomic E-state index is 0.138. The molecule has 0 saturated heterocycles. The minimum atomic E-state index is -6.15. The van der Waals surface area contributed by atoms with E-state index in [2.05, 4.69) is 9.47 Å². The van der Waals surface area contributed by atoms with E-state index in [-0.39, 0.29) is 5.75 Å². The van der Waals surface area contributed by atoms with Crippen LogP contribution < -0.4 is 4.74 Å². The smallest absolute Gasteiger partial charge is 0.465 e. The van der Waals surface area contributed by atoms with Gasteiger partial charge in [0.1, 0.15) is 11.3 Å². The summed E-state index contributed by atoms with van der Waals surface area (Å²) in [7, 11) is 1.14. The molecule has 0 amide bonds. The molecule has 0 fully saturated rings. The standard InChI is InChI=1S/C11H7F5O4/c1-19-7-5-3-2-4-6(7)8(17)20-9(18)10(12,13)11(14,15)16/h2-5H,1H3. The zero-order chi connectivity index (χ0) is 15.6. The lowest BCUT2D eigenvalue weighted by Gasteiger charge is -2.17. The highest BCUT2D eigenvalue weighted by molar-refractivity contribution is 6.00. The van der Waals surface area contributed by atoms with Crippen molar-refractivity contribution in [1.29, 1.82) is 0 Å². The molecule has 0 aliphatic heterocycles. The van der Waals surface area contributed by atoms with Crippen molar-refractivity contribution in [3.63, 3.8) is 0 Å². The average molecular weight is 298 g/mol. The van der Waals surface area contributed by atoms with Gasteiger partial charge in [0.15, 0.2) is 0 Å². The van der Waals surface area contributed by atoms with Crippen LogP contribution in [0.25, 0.3) is 0 Å². The topological polar surface area (TPSA) is 52.6 Å². The molecule has 0 atom stereocenters. The van der Waals surface area contributed by atoms with Crippen molar-refractivity contribution in [2.24, 2.45) is 0 Å². The van der Waals surface area contributed by atoms with Gasteiger partial charge in [0, 0.05) is 0 Å². The van der Waals surface area contributed by atoms with E-state index in [0.29, 0.717) is 0 Å². The molecule has 9 heteroatoms. The zero-order valence-electron chi connectivity index (χ0n) is 9.83. The molecule has 0 spiro atoms. The molecule has 0 aliphatic carbocycles. The van der Waals surface area contributed by atoms with Crippen molar-refractivity contribution in [1.82, 2.24) is 0 Å². The molecule has 20 heavy (non-hydrogen) atoms. The molecule has 0 N–H and O–H groups in total. The third kappa shape index (κ3) is 3.03. The lowest BCUT2D eigenvalue weighted by Crippen LogP contribution is -2.45.